The smallest absolute Gasteiger partial charge is 0.0741 e. The third kappa shape index (κ3) is 1.78. The molecule has 0 aliphatic rings. The molecular formula is C17H15N. The summed E-state index contributed by atoms with van der Waals surface area (Å²) in [7, 11) is 0. The summed E-state index contributed by atoms with van der Waals surface area (Å²) in [4.78, 5) is 4.81. The van der Waals surface area contributed by atoms with E-state index in [4.69, 9.17) is 4.98 Å². The lowest BCUT2D eigenvalue weighted by molar-refractivity contribution is 1.31. The van der Waals surface area contributed by atoms with Gasteiger partial charge in [0.25, 0.3) is 0 Å². The predicted molar refractivity (Wildman–Crippen MR) is 76.7 cm³/mol. The van der Waals surface area contributed by atoms with Crippen molar-refractivity contribution < 1.29 is 0 Å². The number of hydrogen-bond acceptors (Lipinski definition) is 1. The Bertz CT molecular complexity index is 714. The van der Waals surface area contributed by atoms with Gasteiger partial charge in [0.2, 0.25) is 0 Å². The van der Waals surface area contributed by atoms with Gasteiger partial charge in [-0.3, -0.25) is 0 Å². The monoisotopic (exact) mass is 233 g/mol. The number of aromatic nitrogens is 1. The molecule has 0 saturated carbocycles. The van der Waals surface area contributed by atoms with E-state index in [2.05, 4.69) is 62.4 Å². The molecule has 3 aromatic rings. The molecule has 18 heavy (non-hydrogen) atoms. The van der Waals surface area contributed by atoms with Gasteiger partial charge in [0.1, 0.15) is 0 Å². The molecule has 88 valence electrons. The van der Waals surface area contributed by atoms with Crippen LogP contribution >= 0.6 is 0 Å². The van der Waals surface area contributed by atoms with Crippen molar-refractivity contribution in [2.24, 2.45) is 0 Å². The van der Waals surface area contributed by atoms with Gasteiger partial charge >= 0.3 is 0 Å². The third-order valence-corrected chi connectivity index (χ3v) is 3.31. The lowest BCUT2D eigenvalue weighted by atomic mass is 10.0. The topological polar surface area (TPSA) is 12.9 Å². The lowest BCUT2D eigenvalue weighted by Crippen LogP contribution is -1.92. The summed E-state index contributed by atoms with van der Waals surface area (Å²) in [6.45, 7) is 4.26. The van der Waals surface area contributed by atoms with E-state index >= 15 is 0 Å². The average Bonchev–Trinajstić information content (AvgIpc) is 2.39. The van der Waals surface area contributed by atoms with Crippen molar-refractivity contribution in [2.45, 2.75) is 13.8 Å². The summed E-state index contributed by atoms with van der Waals surface area (Å²) in [5.74, 6) is 0. The van der Waals surface area contributed by atoms with Crippen molar-refractivity contribution in [1.29, 1.82) is 0 Å². The molecule has 0 aliphatic heterocycles. The van der Waals surface area contributed by atoms with Crippen LogP contribution in [0.5, 0.6) is 0 Å². The van der Waals surface area contributed by atoms with Crippen LogP contribution in [0.3, 0.4) is 0 Å². The van der Waals surface area contributed by atoms with Crippen LogP contribution in [0.25, 0.3) is 22.2 Å². The van der Waals surface area contributed by atoms with E-state index in [1.807, 2.05) is 6.07 Å². The summed E-state index contributed by atoms with van der Waals surface area (Å²) >= 11 is 0. The highest BCUT2D eigenvalue weighted by molar-refractivity contribution is 5.83. The molecule has 0 unspecified atom stereocenters. The van der Waals surface area contributed by atoms with Crippen LogP contribution in [0.15, 0.2) is 54.6 Å². The number of para-hydroxylation sites is 1. The van der Waals surface area contributed by atoms with Gasteiger partial charge in [0.05, 0.1) is 11.2 Å². The number of aryl methyl sites for hydroxylation is 2. The maximum atomic E-state index is 4.81. The van der Waals surface area contributed by atoms with Crippen LogP contribution in [-0.4, -0.2) is 4.98 Å². The number of fused-ring (bicyclic) bond motifs is 1. The van der Waals surface area contributed by atoms with Crippen molar-refractivity contribution in [3.8, 4) is 11.3 Å². The molecule has 1 nitrogen and oxygen atoms in total. The highest BCUT2D eigenvalue weighted by Gasteiger charge is 2.07. The van der Waals surface area contributed by atoms with Crippen LogP contribution in [0.2, 0.25) is 0 Å². The summed E-state index contributed by atoms with van der Waals surface area (Å²) in [6.07, 6.45) is 0. The zero-order chi connectivity index (χ0) is 12.5. The Hall–Kier alpha value is -2.15. The van der Waals surface area contributed by atoms with E-state index < -0.39 is 0 Å². The Labute approximate surface area is 107 Å². The van der Waals surface area contributed by atoms with Crippen molar-refractivity contribution in [3.05, 3.63) is 65.7 Å². The minimum Gasteiger partial charge on any atom is -0.248 e. The average molecular weight is 233 g/mol. The lowest BCUT2D eigenvalue weighted by Gasteiger charge is -2.09. The second kappa shape index (κ2) is 4.26. The zero-order valence-corrected chi connectivity index (χ0v) is 10.6. The molecule has 1 aromatic heterocycles. The number of benzene rings is 2. The van der Waals surface area contributed by atoms with Gasteiger partial charge in [-0.1, -0.05) is 42.5 Å². The minimum absolute atomic E-state index is 1.06. The Kier molecular flexibility index (Phi) is 2.60. The Morgan fingerprint density at radius 1 is 0.778 bits per heavy atom. The molecule has 0 atom stereocenters. The van der Waals surface area contributed by atoms with E-state index in [1.54, 1.807) is 0 Å². The van der Waals surface area contributed by atoms with E-state index in [0.29, 0.717) is 0 Å². The normalized spacial score (nSPS) is 10.8. The molecule has 0 N–H and O–H groups in total. The Morgan fingerprint density at radius 3 is 2.33 bits per heavy atom. The number of nitrogens with zero attached hydrogens (tertiary/aromatic N) is 1. The van der Waals surface area contributed by atoms with Gasteiger partial charge in [-0.25, -0.2) is 4.98 Å². The molecule has 0 amide bonds. The first-order valence-corrected chi connectivity index (χ1v) is 6.18. The van der Waals surface area contributed by atoms with E-state index in [1.165, 1.54) is 22.1 Å². The highest BCUT2D eigenvalue weighted by Crippen LogP contribution is 2.27. The fourth-order valence-electron chi connectivity index (χ4n) is 2.33. The van der Waals surface area contributed by atoms with Gasteiger partial charge in [0.15, 0.2) is 0 Å². The van der Waals surface area contributed by atoms with Gasteiger partial charge in [-0.05, 0) is 37.1 Å². The molecule has 0 saturated heterocycles. The standard InChI is InChI=1S/C17H15N/c1-12-7-3-5-9-15(12)17-13(2)11-14-8-4-6-10-16(14)18-17/h3-11H,1-2H3. The Balaban J connectivity index is 2.30. The van der Waals surface area contributed by atoms with Crippen LogP contribution in [-0.2, 0) is 0 Å². The number of pyridine rings is 1. The van der Waals surface area contributed by atoms with Gasteiger partial charge in [-0.15, -0.1) is 0 Å². The first-order valence-electron chi connectivity index (χ1n) is 6.18. The second-order valence-corrected chi connectivity index (χ2v) is 4.66. The molecule has 3 rings (SSSR count). The maximum Gasteiger partial charge on any atom is 0.0741 e. The SMILES string of the molecule is Cc1ccccc1-c1nc2ccccc2cc1C. The van der Waals surface area contributed by atoms with Crippen LogP contribution in [0.1, 0.15) is 11.1 Å². The summed E-state index contributed by atoms with van der Waals surface area (Å²) in [6, 6.07) is 18.9. The van der Waals surface area contributed by atoms with Crippen LogP contribution in [0.4, 0.5) is 0 Å². The van der Waals surface area contributed by atoms with Crippen molar-refractivity contribution >= 4 is 10.9 Å². The molecule has 0 bridgehead atoms. The van der Waals surface area contributed by atoms with Crippen molar-refractivity contribution in [3.63, 3.8) is 0 Å². The first-order chi connectivity index (χ1) is 8.75. The van der Waals surface area contributed by atoms with Crippen LogP contribution < -0.4 is 0 Å². The third-order valence-electron chi connectivity index (χ3n) is 3.31. The molecule has 1 heteroatoms. The zero-order valence-electron chi connectivity index (χ0n) is 10.6. The van der Waals surface area contributed by atoms with E-state index in [9.17, 15) is 0 Å². The molecule has 2 aromatic carbocycles. The largest absolute Gasteiger partial charge is 0.248 e. The quantitative estimate of drug-likeness (QED) is 0.602. The predicted octanol–water partition coefficient (Wildman–Crippen LogP) is 4.52. The molecular weight excluding hydrogens is 218 g/mol. The fraction of sp³-hybridized carbons (Fsp3) is 0.118. The molecule has 0 radical (unpaired) electrons. The number of rotatable bonds is 1. The molecule has 0 aliphatic carbocycles. The van der Waals surface area contributed by atoms with Crippen molar-refractivity contribution in [1.82, 2.24) is 4.98 Å². The minimum atomic E-state index is 1.06. The van der Waals surface area contributed by atoms with Gasteiger partial charge in [-0.2, -0.15) is 0 Å². The molecule has 0 spiro atoms. The van der Waals surface area contributed by atoms with Gasteiger partial charge < -0.3 is 0 Å². The fourth-order valence-corrected chi connectivity index (χ4v) is 2.33. The summed E-state index contributed by atoms with van der Waals surface area (Å²) in [5, 5.41) is 1.20. The second-order valence-electron chi connectivity index (χ2n) is 4.66. The maximum absolute atomic E-state index is 4.81. The molecule has 1 heterocycles. The summed E-state index contributed by atoms with van der Waals surface area (Å²) < 4.78 is 0. The number of hydrogen-bond donors (Lipinski definition) is 0. The Morgan fingerprint density at radius 2 is 1.50 bits per heavy atom. The van der Waals surface area contributed by atoms with Crippen LogP contribution in [0, 0.1) is 13.8 Å². The first kappa shape index (κ1) is 11.0. The molecule has 0 fully saturated rings. The van der Waals surface area contributed by atoms with E-state index in [0.717, 1.165) is 11.2 Å². The highest BCUT2D eigenvalue weighted by atomic mass is 14.7. The van der Waals surface area contributed by atoms with Gasteiger partial charge in [0, 0.05) is 10.9 Å². The summed E-state index contributed by atoms with van der Waals surface area (Å²) in [5.41, 5.74) is 5.86. The van der Waals surface area contributed by atoms with E-state index in [-0.39, 0.29) is 0 Å². The van der Waals surface area contributed by atoms with Crippen molar-refractivity contribution in [2.75, 3.05) is 0 Å².